The van der Waals surface area contributed by atoms with Crippen LogP contribution < -0.4 is 24.7 Å². The molecule has 13 heteroatoms. The molecule has 0 aromatic heterocycles. The maximum atomic E-state index is 12.7. The molecule has 186 valence electrons. The van der Waals surface area contributed by atoms with Crippen LogP contribution in [0.1, 0.15) is 6.92 Å². The Kier molecular flexibility index (Phi) is 8.22. The van der Waals surface area contributed by atoms with Crippen LogP contribution in [0.25, 0.3) is 0 Å². The van der Waals surface area contributed by atoms with E-state index in [1.165, 1.54) is 42.5 Å². The van der Waals surface area contributed by atoms with Gasteiger partial charge in [0.2, 0.25) is 10.0 Å². The first-order valence-corrected chi connectivity index (χ1v) is 13.5. The van der Waals surface area contributed by atoms with Crippen molar-refractivity contribution >= 4 is 48.9 Å². The van der Waals surface area contributed by atoms with Gasteiger partial charge in [-0.2, -0.15) is 0 Å². The number of ether oxygens (including phenoxy) is 2. The number of sulfonamides is 2. The van der Waals surface area contributed by atoms with E-state index in [0.29, 0.717) is 23.7 Å². The number of nitrogens with one attached hydrogen (secondary N) is 2. The number of halogens is 1. The van der Waals surface area contributed by atoms with E-state index in [0.717, 1.165) is 0 Å². The van der Waals surface area contributed by atoms with E-state index in [1.54, 1.807) is 24.3 Å². The Morgan fingerprint density at radius 3 is 2.06 bits per heavy atom. The van der Waals surface area contributed by atoms with E-state index in [-0.39, 0.29) is 20.6 Å². The maximum Gasteiger partial charge on any atom is 0.262 e. The highest BCUT2D eigenvalue weighted by Crippen LogP contribution is 2.28. The lowest BCUT2D eigenvalue weighted by Gasteiger charge is -2.12. The molecule has 4 N–H and O–H groups in total. The van der Waals surface area contributed by atoms with Gasteiger partial charge in [0.25, 0.3) is 15.9 Å². The highest BCUT2D eigenvalue weighted by Gasteiger charge is 2.17. The lowest BCUT2D eigenvalue weighted by Crippen LogP contribution is -2.20. The first kappa shape index (κ1) is 26.3. The monoisotopic (exact) mass is 539 g/mol. The second kappa shape index (κ2) is 11.0. The SMILES string of the molecule is CCOc1ccc(NS(=O)(=O)c2ccc(OCC(=O)Nc3ccc(S(N)(=O)=O)cc3)c(Cl)c2)cc1. The van der Waals surface area contributed by atoms with Gasteiger partial charge in [-0.25, -0.2) is 22.0 Å². The molecule has 0 heterocycles. The molecule has 0 radical (unpaired) electrons. The summed E-state index contributed by atoms with van der Waals surface area (Å²) >= 11 is 6.16. The summed E-state index contributed by atoms with van der Waals surface area (Å²) in [7, 11) is -7.77. The van der Waals surface area contributed by atoms with Crippen LogP contribution in [-0.4, -0.2) is 36.0 Å². The van der Waals surface area contributed by atoms with E-state index in [1.807, 2.05) is 6.92 Å². The zero-order valence-electron chi connectivity index (χ0n) is 18.4. The highest BCUT2D eigenvalue weighted by atomic mass is 35.5. The zero-order chi connectivity index (χ0) is 25.6. The minimum Gasteiger partial charge on any atom is -0.494 e. The summed E-state index contributed by atoms with van der Waals surface area (Å²) in [5.41, 5.74) is 0.678. The number of hydrogen-bond donors (Lipinski definition) is 3. The summed E-state index contributed by atoms with van der Waals surface area (Å²) in [5, 5.41) is 7.55. The topological polar surface area (TPSA) is 154 Å². The summed E-state index contributed by atoms with van der Waals surface area (Å²) in [6.07, 6.45) is 0. The smallest absolute Gasteiger partial charge is 0.262 e. The van der Waals surface area contributed by atoms with Gasteiger partial charge < -0.3 is 14.8 Å². The Morgan fingerprint density at radius 1 is 0.886 bits per heavy atom. The third-order valence-corrected chi connectivity index (χ3v) is 7.06. The first-order chi connectivity index (χ1) is 16.5. The molecule has 3 aromatic carbocycles. The highest BCUT2D eigenvalue weighted by molar-refractivity contribution is 7.92. The third kappa shape index (κ3) is 7.33. The molecule has 0 unspecified atom stereocenters. The van der Waals surface area contributed by atoms with Crippen LogP contribution in [0.4, 0.5) is 11.4 Å². The van der Waals surface area contributed by atoms with Gasteiger partial charge in [0.15, 0.2) is 6.61 Å². The van der Waals surface area contributed by atoms with Crippen LogP contribution in [0, 0.1) is 0 Å². The molecule has 0 bridgehead atoms. The number of carbonyl (C=O) groups is 1. The number of carbonyl (C=O) groups excluding carboxylic acids is 1. The molecule has 3 rings (SSSR count). The number of amides is 1. The van der Waals surface area contributed by atoms with Crippen LogP contribution in [0.15, 0.2) is 76.5 Å². The van der Waals surface area contributed by atoms with Crippen LogP contribution in [-0.2, 0) is 24.8 Å². The Bertz CT molecular complexity index is 1410. The number of hydrogen-bond acceptors (Lipinski definition) is 7. The molecule has 0 aliphatic carbocycles. The van der Waals surface area contributed by atoms with Crippen molar-refractivity contribution in [2.24, 2.45) is 5.14 Å². The molecule has 35 heavy (non-hydrogen) atoms. The van der Waals surface area contributed by atoms with Crippen LogP contribution in [0.5, 0.6) is 11.5 Å². The zero-order valence-corrected chi connectivity index (χ0v) is 20.8. The van der Waals surface area contributed by atoms with Gasteiger partial charge in [-0.3, -0.25) is 9.52 Å². The molecule has 1 amide bonds. The standard InChI is InChI=1S/C22H22ClN3O7S2/c1-2-32-17-7-3-16(4-8-17)26-35(30,31)19-11-12-21(20(23)13-19)33-14-22(27)25-15-5-9-18(10-6-15)34(24,28)29/h3-13,26H,2,14H2,1H3,(H,25,27)(H2,24,28,29). The fourth-order valence-corrected chi connectivity index (χ4v) is 4.73. The average molecular weight is 540 g/mol. The summed E-state index contributed by atoms with van der Waals surface area (Å²) in [6.45, 7) is 1.92. The Morgan fingerprint density at radius 2 is 1.49 bits per heavy atom. The Labute approximate surface area is 208 Å². The fourth-order valence-electron chi connectivity index (χ4n) is 2.83. The van der Waals surface area contributed by atoms with Crippen molar-refractivity contribution in [3.05, 3.63) is 71.8 Å². The molecule has 0 saturated heterocycles. The minimum absolute atomic E-state index is 0.00938. The summed E-state index contributed by atoms with van der Waals surface area (Å²) in [5.74, 6) is 0.175. The van der Waals surface area contributed by atoms with Gasteiger partial charge in [0.1, 0.15) is 11.5 Å². The number of anilines is 2. The predicted octanol–water partition coefficient (Wildman–Crippen LogP) is 3.20. The molecule has 0 saturated carbocycles. The van der Waals surface area contributed by atoms with Gasteiger partial charge in [0.05, 0.1) is 21.4 Å². The molecular weight excluding hydrogens is 518 g/mol. The van der Waals surface area contributed by atoms with Crippen molar-refractivity contribution < 1.29 is 31.1 Å². The Balaban J connectivity index is 1.60. The van der Waals surface area contributed by atoms with Crippen LogP contribution in [0.2, 0.25) is 5.02 Å². The van der Waals surface area contributed by atoms with E-state index in [9.17, 15) is 21.6 Å². The van der Waals surface area contributed by atoms with Crippen LogP contribution in [0.3, 0.4) is 0 Å². The number of primary sulfonamides is 1. The van der Waals surface area contributed by atoms with Gasteiger partial charge in [-0.15, -0.1) is 0 Å². The normalized spacial score (nSPS) is 11.5. The van der Waals surface area contributed by atoms with Crippen molar-refractivity contribution in [1.82, 2.24) is 0 Å². The molecule has 0 spiro atoms. The lowest BCUT2D eigenvalue weighted by atomic mass is 10.3. The molecule has 3 aromatic rings. The van der Waals surface area contributed by atoms with Gasteiger partial charge >= 0.3 is 0 Å². The number of nitrogens with two attached hydrogens (primary N) is 1. The fraction of sp³-hybridized carbons (Fsp3) is 0.136. The first-order valence-electron chi connectivity index (χ1n) is 10.1. The lowest BCUT2D eigenvalue weighted by molar-refractivity contribution is -0.118. The average Bonchev–Trinajstić information content (AvgIpc) is 2.79. The molecule has 0 aliphatic rings. The number of rotatable bonds is 10. The molecule has 0 fully saturated rings. The van der Waals surface area contributed by atoms with E-state index in [4.69, 9.17) is 26.2 Å². The Hall–Kier alpha value is -3.32. The van der Waals surface area contributed by atoms with Crippen molar-refractivity contribution in [3.63, 3.8) is 0 Å². The van der Waals surface area contributed by atoms with Crippen LogP contribution >= 0.6 is 11.6 Å². The quantitative estimate of drug-likeness (QED) is 0.357. The van der Waals surface area contributed by atoms with Gasteiger partial charge in [-0.05, 0) is 73.7 Å². The number of benzene rings is 3. The van der Waals surface area contributed by atoms with E-state index >= 15 is 0 Å². The molecule has 10 nitrogen and oxygen atoms in total. The van der Waals surface area contributed by atoms with E-state index in [2.05, 4.69) is 10.0 Å². The molecule has 0 aliphatic heterocycles. The summed E-state index contributed by atoms with van der Waals surface area (Å²) in [4.78, 5) is 11.9. The summed E-state index contributed by atoms with van der Waals surface area (Å²) < 4.78 is 61.1. The minimum atomic E-state index is -3.93. The second-order valence-electron chi connectivity index (χ2n) is 7.06. The van der Waals surface area contributed by atoms with E-state index < -0.39 is 32.6 Å². The van der Waals surface area contributed by atoms with Crippen molar-refractivity contribution in [1.29, 1.82) is 0 Å². The maximum absolute atomic E-state index is 12.7. The summed E-state index contributed by atoms with van der Waals surface area (Å²) in [6, 6.07) is 15.5. The predicted molar refractivity (Wildman–Crippen MR) is 132 cm³/mol. The largest absolute Gasteiger partial charge is 0.494 e. The van der Waals surface area contributed by atoms with Gasteiger partial charge in [0, 0.05) is 11.4 Å². The van der Waals surface area contributed by atoms with Gasteiger partial charge in [-0.1, -0.05) is 11.6 Å². The third-order valence-electron chi connectivity index (χ3n) is 4.46. The van der Waals surface area contributed by atoms with Crippen molar-refractivity contribution in [2.75, 3.05) is 23.3 Å². The van der Waals surface area contributed by atoms with Crippen molar-refractivity contribution in [2.45, 2.75) is 16.7 Å². The molecular formula is C22H22ClN3O7S2. The molecule has 0 atom stereocenters. The van der Waals surface area contributed by atoms with Crippen molar-refractivity contribution in [3.8, 4) is 11.5 Å². The second-order valence-corrected chi connectivity index (χ2v) is 10.7.